The Hall–Kier alpha value is -0.550. The minimum Gasteiger partial charge on any atom is -0.302 e. The Morgan fingerprint density at radius 3 is 3.10 bits per heavy atom. The third-order valence-electron chi connectivity index (χ3n) is 2.25. The summed E-state index contributed by atoms with van der Waals surface area (Å²) in [7, 11) is 0. The van der Waals surface area contributed by atoms with Gasteiger partial charge in [0.2, 0.25) is 0 Å². The lowest BCUT2D eigenvalue weighted by molar-refractivity contribution is 0.330. The van der Waals surface area contributed by atoms with Gasteiger partial charge in [-0.25, -0.2) is 0 Å². The Bertz CT molecular complexity index is 137. The molecule has 1 saturated heterocycles. The third kappa shape index (κ3) is 1.71. The zero-order valence-corrected chi connectivity index (χ0v) is 6.43. The zero-order valence-electron chi connectivity index (χ0n) is 6.43. The molecule has 1 fully saturated rings. The van der Waals surface area contributed by atoms with Gasteiger partial charge in [0.1, 0.15) is 0 Å². The van der Waals surface area contributed by atoms with Gasteiger partial charge in [-0.2, -0.15) is 5.26 Å². The molecule has 0 aromatic rings. The van der Waals surface area contributed by atoms with E-state index in [1.54, 1.807) is 0 Å². The first-order valence-corrected chi connectivity index (χ1v) is 3.99. The van der Waals surface area contributed by atoms with Gasteiger partial charge in [-0.15, -0.1) is 0 Å². The van der Waals surface area contributed by atoms with Gasteiger partial charge in [-0.3, -0.25) is 0 Å². The van der Waals surface area contributed by atoms with Crippen molar-refractivity contribution in [2.45, 2.75) is 32.2 Å². The molecule has 0 unspecified atom stereocenters. The Kier molecular flexibility index (Phi) is 2.70. The first kappa shape index (κ1) is 7.56. The van der Waals surface area contributed by atoms with Gasteiger partial charge >= 0.3 is 0 Å². The van der Waals surface area contributed by atoms with Crippen LogP contribution < -0.4 is 5.32 Å². The van der Waals surface area contributed by atoms with E-state index >= 15 is 0 Å². The summed E-state index contributed by atoms with van der Waals surface area (Å²) in [5.74, 6) is 0.783. The average Bonchev–Trinajstić information content (AvgIpc) is 2.05. The lowest BCUT2D eigenvalue weighted by Crippen LogP contribution is -2.36. The van der Waals surface area contributed by atoms with E-state index in [-0.39, 0.29) is 6.04 Å². The Balaban J connectivity index is 2.33. The van der Waals surface area contributed by atoms with Crippen molar-refractivity contribution in [1.82, 2.24) is 5.32 Å². The highest BCUT2D eigenvalue weighted by atomic mass is 14.9. The summed E-state index contributed by atoms with van der Waals surface area (Å²) < 4.78 is 0. The molecule has 2 heteroatoms. The molecule has 10 heavy (non-hydrogen) atoms. The first-order chi connectivity index (χ1) is 4.86. The fourth-order valence-corrected chi connectivity index (χ4v) is 1.47. The maximum atomic E-state index is 8.59. The maximum Gasteiger partial charge on any atom is 0.0955 e. The number of nitrogens with one attached hydrogen (secondary N) is 1. The molecule has 0 spiro atoms. The summed E-state index contributed by atoms with van der Waals surface area (Å²) in [6.45, 7) is 3.22. The van der Waals surface area contributed by atoms with Crippen LogP contribution in [0.2, 0.25) is 0 Å². The molecular weight excluding hydrogens is 124 g/mol. The fraction of sp³-hybridized carbons (Fsp3) is 0.875. The lowest BCUT2D eigenvalue weighted by Gasteiger charge is -2.24. The molecule has 1 aliphatic rings. The predicted molar refractivity (Wildman–Crippen MR) is 40.4 cm³/mol. The molecular formula is C8H14N2. The van der Waals surface area contributed by atoms with E-state index in [0.29, 0.717) is 0 Å². The Morgan fingerprint density at radius 1 is 1.70 bits per heavy atom. The zero-order chi connectivity index (χ0) is 7.40. The van der Waals surface area contributed by atoms with Crippen LogP contribution >= 0.6 is 0 Å². The van der Waals surface area contributed by atoms with E-state index in [0.717, 1.165) is 18.9 Å². The van der Waals surface area contributed by atoms with E-state index in [4.69, 9.17) is 5.26 Å². The van der Waals surface area contributed by atoms with Crippen molar-refractivity contribution in [1.29, 1.82) is 5.26 Å². The van der Waals surface area contributed by atoms with Crippen LogP contribution in [0.3, 0.4) is 0 Å². The normalized spacial score (nSPS) is 33.2. The fourth-order valence-electron chi connectivity index (χ4n) is 1.47. The highest BCUT2D eigenvalue weighted by Crippen LogP contribution is 2.18. The minimum absolute atomic E-state index is 0.124. The molecule has 2 nitrogen and oxygen atoms in total. The Morgan fingerprint density at radius 2 is 2.50 bits per heavy atom. The van der Waals surface area contributed by atoms with Gasteiger partial charge in [-0.05, 0) is 25.3 Å². The summed E-state index contributed by atoms with van der Waals surface area (Å²) >= 11 is 0. The molecule has 0 saturated carbocycles. The van der Waals surface area contributed by atoms with Crippen molar-refractivity contribution in [2.75, 3.05) is 6.54 Å². The van der Waals surface area contributed by atoms with Crippen molar-refractivity contribution in [3.05, 3.63) is 0 Å². The second kappa shape index (κ2) is 3.58. The van der Waals surface area contributed by atoms with Crippen LogP contribution in [0.5, 0.6) is 0 Å². The van der Waals surface area contributed by atoms with Crippen LogP contribution in [-0.2, 0) is 0 Å². The molecule has 0 radical (unpaired) electrons. The summed E-state index contributed by atoms with van der Waals surface area (Å²) in [5, 5.41) is 11.8. The first-order valence-electron chi connectivity index (χ1n) is 3.99. The molecule has 1 rings (SSSR count). The highest BCUT2D eigenvalue weighted by molar-refractivity contribution is 4.93. The molecule has 2 atom stereocenters. The SMILES string of the molecule is CC[C@H]1CCN[C@@H](C#N)C1. The van der Waals surface area contributed by atoms with Crippen molar-refractivity contribution < 1.29 is 0 Å². The van der Waals surface area contributed by atoms with E-state index in [1.165, 1.54) is 12.8 Å². The third-order valence-corrected chi connectivity index (χ3v) is 2.25. The van der Waals surface area contributed by atoms with Crippen LogP contribution in [0.1, 0.15) is 26.2 Å². The van der Waals surface area contributed by atoms with E-state index < -0.39 is 0 Å². The second-order valence-corrected chi connectivity index (χ2v) is 2.93. The predicted octanol–water partition coefficient (Wildman–Crippen LogP) is 1.29. The van der Waals surface area contributed by atoms with Gasteiger partial charge in [0.05, 0.1) is 12.1 Å². The van der Waals surface area contributed by atoms with Crippen LogP contribution in [0.4, 0.5) is 0 Å². The highest BCUT2D eigenvalue weighted by Gasteiger charge is 2.18. The number of hydrogen-bond acceptors (Lipinski definition) is 2. The molecule has 0 aromatic heterocycles. The van der Waals surface area contributed by atoms with E-state index in [9.17, 15) is 0 Å². The van der Waals surface area contributed by atoms with Crippen LogP contribution in [0, 0.1) is 17.2 Å². The summed E-state index contributed by atoms with van der Waals surface area (Å²) in [6, 6.07) is 2.38. The number of piperidine rings is 1. The largest absolute Gasteiger partial charge is 0.302 e. The number of nitriles is 1. The van der Waals surface area contributed by atoms with Gasteiger partial charge in [-0.1, -0.05) is 13.3 Å². The topological polar surface area (TPSA) is 35.8 Å². The van der Waals surface area contributed by atoms with Crippen molar-refractivity contribution in [2.24, 2.45) is 5.92 Å². The summed E-state index contributed by atoms with van der Waals surface area (Å²) in [5.41, 5.74) is 0. The van der Waals surface area contributed by atoms with Crippen LogP contribution in [0.25, 0.3) is 0 Å². The molecule has 1 heterocycles. The molecule has 0 amide bonds. The van der Waals surface area contributed by atoms with Gasteiger partial charge < -0.3 is 5.32 Å². The summed E-state index contributed by atoms with van der Waals surface area (Å²) in [4.78, 5) is 0. The molecule has 0 aromatic carbocycles. The average molecular weight is 138 g/mol. The summed E-state index contributed by atoms with van der Waals surface area (Å²) in [6.07, 6.45) is 3.52. The minimum atomic E-state index is 0.124. The number of hydrogen-bond donors (Lipinski definition) is 1. The second-order valence-electron chi connectivity index (χ2n) is 2.93. The lowest BCUT2D eigenvalue weighted by atomic mass is 9.91. The molecule has 0 aliphatic carbocycles. The van der Waals surface area contributed by atoms with Crippen molar-refractivity contribution >= 4 is 0 Å². The van der Waals surface area contributed by atoms with E-state index in [1.807, 2.05) is 0 Å². The standard InChI is InChI=1S/C8H14N2/c1-2-7-3-4-10-8(5-7)6-9/h7-8,10H,2-5H2,1H3/t7-,8+/m0/s1. The van der Waals surface area contributed by atoms with E-state index in [2.05, 4.69) is 18.3 Å². The maximum absolute atomic E-state index is 8.59. The molecule has 0 bridgehead atoms. The quantitative estimate of drug-likeness (QED) is 0.592. The van der Waals surface area contributed by atoms with Gasteiger partial charge in [0.15, 0.2) is 0 Å². The van der Waals surface area contributed by atoms with Gasteiger partial charge in [0.25, 0.3) is 0 Å². The van der Waals surface area contributed by atoms with Crippen molar-refractivity contribution in [3.63, 3.8) is 0 Å². The molecule has 1 N–H and O–H groups in total. The number of nitrogens with zero attached hydrogens (tertiary/aromatic N) is 1. The Labute approximate surface area is 62.2 Å². The number of rotatable bonds is 1. The monoisotopic (exact) mass is 138 g/mol. The van der Waals surface area contributed by atoms with Crippen LogP contribution in [0.15, 0.2) is 0 Å². The van der Waals surface area contributed by atoms with Crippen molar-refractivity contribution in [3.8, 4) is 6.07 Å². The van der Waals surface area contributed by atoms with Crippen LogP contribution in [-0.4, -0.2) is 12.6 Å². The van der Waals surface area contributed by atoms with Gasteiger partial charge in [0, 0.05) is 0 Å². The molecule has 56 valence electrons. The molecule has 1 aliphatic heterocycles. The smallest absolute Gasteiger partial charge is 0.0955 e.